The van der Waals surface area contributed by atoms with Crippen LogP contribution in [0.3, 0.4) is 0 Å². The van der Waals surface area contributed by atoms with Crippen LogP contribution in [-0.4, -0.2) is 35.2 Å². The summed E-state index contributed by atoms with van der Waals surface area (Å²) in [5.41, 5.74) is 13.4. The van der Waals surface area contributed by atoms with E-state index in [1.165, 1.54) is 17.5 Å². The number of Topliss-reactive ketones (excluding diaryl/α,β-unsaturated/α-hetero) is 2. The van der Waals surface area contributed by atoms with E-state index in [0.29, 0.717) is 18.4 Å². The standard InChI is InChI=1S/C23H20N2O2.C13H13NO3.C10H9N.CH3PS/c1-15-20(13-14-22(15)26)24-18-11-9-17(10-12-18)23(27)25-21-8-4-6-16-5-2-3-7-19(16)21;1-8-11(6-7-12(8)15)14-10-4-2-9(3-5-10)13(16)17;11-10-7-3-5-8-4-1-2-6-9(8)10;1-2-3/h2-12,24H,13-14H2,1H3,(H,25,27);2-5,14H,6-7H2,1H3,(H,16,17);1-7H,11H2;1H3. The molecular weight excluding hydrogens is 764 g/mol. The first-order valence-corrected chi connectivity index (χ1v) is 21.0. The van der Waals surface area contributed by atoms with Gasteiger partial charge < -0.3 is 26.8 Å². The van der Waals surface area contributed by atoms with Crippen LogP contribution in [0.4, 0.5) is 22.7 Å². The molecule has 0 saturated heterocycles. The molecule has 6 aromatic carbocycles. The van der Waals surface area contributed by atoms with Gasteiger partial charge in [0.2, 0.25) is 0 Å². The highest BCUT2D eigenvalue weighted by Crippen LogP contribution is 2.27. The van der Waals surface area contributed by atoms with Crippen LogP contribution in [0.15, 0.2) is 156 Å². The summed E-state index contributed by atoms with van der Waals surface area (Å²) in [6.45, 7) is 5.57. The van der Waals surface area contributed by atoms with Crippen LogP contribution >= 0.6 is 7.36 Å². The van der Waals surface area contributed by atoms with Gasteiger partial charge in [0.15, 0.2) is 11.6 Å². The fraction of sp³-hybridized carbons (Fsp3) is 0.149. The minimum absolute atomic E-state index is 0.149. The van der Waals surface area contributed by atoms with Crippen LogP contribution < -0.4 is 21.7 Å². The number of allylic oxidation sites excluding steroid dienone is 4. The fourth-order valence-electron chi connectivity index (χ4n) is 6.41. The lowest BCUT2D eigenvalue weighted by Gasteiger charge is -2.11. The number of nitrogens with one attached hydrogen (secondary N) is 3. The van der Waals surface area contributed by atoms with Crippen molar-refractivity contribution in [3.8, 4) is 0 Å². The molecule has 6 aromatic rings. The lowest BCUT2D eigenvalue weighted by Crippen LogP contribution is -2.12. The highest BCUT2D eigenvalue weighted by Gasteiger charge is 2.20. The lowest BCUT2D eigenvalue weighted by molar-refractivity contribution is -0.115. The third kappa shape index (κ3) is 11.3. The maximum absolute atomic E-state index is 12.6. The molecular formula is C47H45N4O5PS. The average Bonchev–Trinajstić information content (AvgIpc) is 3.73. The van der Waals surface area contributed by atoms with Crippen molar-refractivity contribution in [2.75, 3.05) is 28.3 Å². The third-order valence-electron chi connectivity index (χ3n) is 9.68. The number of carbonyl (C=O) groups excluding carboxylic acids is 3. The van der Waals surface area contributed by atoms with Gasteiger partial charge in [0.25, 0.3) is 5.91 Å². The summed E-state index contributed by atoms with van der Waals surface area (Å²) in [6, 6.07) is 41.7. The Morgan fingerprint density at radius 1 is 0.603 bits per heavy atom. The molecule has 0 bridgehead atoms. The maximum Gasteiger partial charge on any atom is 0.335 e. The molecule has 8 rings (SSSR count). The predicted octanol–water partition coefficient (Wildman–Crippen LogP) is 11.0. The van der Waals surface area contributed by atoms with Crippen molar-refractivity contribution >= 4 is 86.9 Å². The normalized spacial score (nSPS) is 13.2. The molecule has 11 heteroatoms. The zero-order valence-electron chi connectivity index (χ0n) is 32.5. The second kappa shape index (κ2) is 20.6. The molecule has 58 heavy (non-hydrogen) atoms. The number of nitrogen functional groups attached to an aromatic ring is 1. The molecule has 0 atom stereocenters. The van der Waals surface area contributed by atoms with Crippen LogP contribution in [0.1, 0.15) is 60.2 Å². The van der Waals surface area contributed by atoms with Crippen LogP contribution in [0.2, 0.25) is 0 Å². The number of hydrogen-bond acceptors (Lipinski definition) is 8. The van der Waals surface area contributed by atoms with E-state index in [1.807, 2.05) is 105 Å². The zero-order chi connectivity index (χ0) is 41.6. The van der Waals surface area contributed by atoms with Crippen molar-refractivity contribution in [1.29, 1.82) is 0 Å². The molecule has 0 fully saturated rings. The number of ketones is 2. The topological polar surface area (TPSA) is 151 Å². The molecule has 1 amide bonds. The van der Waals surface area contributed by atoms with E-state index >= 15 is 0 Å². The second-order valence-electron chi connectivity index (χ2n) is 13.5. The van der Waals surface area contributed by atoms with Gasteiger partial charge in [0.05, 0.1) is 5.56 Å². The number of rotatable bonds is 7. The summed E-state index contributed by atoms with van der Waals surface area (Å²) < 4.78 is 0. The Kier molecular flexibility index (Phi) is 15.2. The highest BCUT2D eigenvalue weighted by atomic mass is 32.4. The van der Waals surface area contributed by atoms with Crippen molar-refractivity contribution in [3.05, 3.63) is 167 Å². The van der Waals surface area contributed by atoms with Crippen molar-refractivity contribution in [1.82, 2.24) is 0 Å². The number of carboxylic acids is 1. The number of fused-ring (bicyclic) bond motifs is 2. The van der Waals surface area contributed by atoms with E-state index < -0.39 is 5.97 Å². The van der Waals surface area contributed by atoms with E-state index in [1.54, 1.807) is 24.3 Å². The first-order chi connectivity index (χ1) is 28.0. The molecule has 0 heterocycles. The minimum atomic E-state index is -0.942. The fourth-order valence-corrected chi connectivity index (χ4v) is 6.41. The summed E-state index contributed by atoms with van der Waals surface area (Å²) in [6.07, 6.45) is 2.60. The quantitative estimate of drug-likeness (QED) is 0.0784. The Morgan fingerprint density at radius 3 is 1.50 bits per heavy atom. The number of aromatic carboxylic acids is 1. The predicted molar refractivity (Wildman–Crippen MR) is 241 cm³/mol. The number of hydrogen-bond donors (Lipinski definition) is 5. The van der Waals surface area contributed by atoms with Gasteiger partial charge in [-0.25, -0.2) is 4.79 Å². The first-order valence-electron chi connectivity index (χ1n) is 18.7. The molecule has 0 radical (unpaired) electrons. The summed E-state index contributed by atoms with van der Waals surface area (Å²) in [4.78, 5) is 46.3. The number of carboxylic acid groups (broad SMARTS) is 1. The first kappa shape index (κ1) is 42.7. The molecule has 294 valence electrons. The van der Waals surface area contributed by atoms with Gasteiger partial charge in [-0.05, 0) is 112 Å². The monoisotopic (exact) mass is 808 g/mol. The van der Waals surface area contributed by atoms with Gasteiger partial charge in [0.1, 0.15) is 0 Å². The largest absolute Gasteiger partial charge is 0.478 e. The van der Waals surface area contributed by atoms with Crippen LogP contribution in [0.5, 0.6) is 0 Å². The Hall–Kier alpha value is -6.48. The van der Waals surface area contributed by atoms with Gasteiger partial charge in [-0.15, -0.1) is 0 Å². The molecule has 9 nitrogen and oxygen atoms in total. The van der Waals surface area contributed by atoms with Crippen molar-refractivity contribution in [2.24, 2.45) is 0 Å². The summed E-state index contributed by atoms with van der Waals surface area (Å²) in [7, 11) is 1.00. The second-order valence-corrected chi connectivity index (χ2v) is 15.0. The number of nitrogens with two attached hydrogens (primary N) is 1. The number of amides is 1. The van der Waals surface area contributed by atoms with E-state index in [2.05, 4.69) is 39.9 Å². The minimum Gasteiger partial charge on any atom is -0.478 e. The molecule has 0 aromatic heterocycles. The highest BCUT2D eigenvalue weighted by molar-refractivity contribution is 7.96. The third-order valence-corrected chi connectivity index (χ3v) is 9.68. The maximum atomic E-state index is 12.6. The lowest BCUT2D eigenvalue weighted by atomic mass is 10.1. The van der Waals surface area contributed by atoms with Gasteiger partial charge in [-0.1, -0.05) is 84.6 Å². The van der Waals surface area contributed by atoms with E-state index in [0.717, 1.165) is 81.6 Å². The zero-order valence-corrected chi connectivity index (χ0v) is 34.3. The molecule has 2 aliphatic rings. The molecule has 0 aliphatic heterocycles. The summed E-state index contributed by atoms with van der Waals surface area (Å²) >= 11 is 4.37. The number of benzene rings is 6. The molecule has 0 unspecified atom stereocenters. The van der Waals surface area contributed by atoms with E-state index in [-0.39, 0.29) is 23.0 Å². The summed E-state index contributed by atoms with van der Waals surface area (Å²) in [5.74, 6) is -0.717. The van der Waals surface area contributed by atoms with Gasteiger partial charge >= 0.3 is 5.97 Å². The number of carbonyl (C=O) groups is 4. The van der Waals surface area contributed by atoms with Crippen LogP contribution in [0, 0.1) is 0 Å². The summed E-state index contributed by atoms with van der Waals surface area (Å²) in [5, 5.41) is 22.6. The smallest absolute Gasteiger partial charge is 0.335 e. The average molecular weight is 809 g/mol. The molecule has 2 aliphatic carbocycles. The van der Waals surface area contributed by atoms with Crippen LogP contribution in [0.25, 0.3) is 21.5 Å². The Morgan fingerprint density at radius 2 is 1.03 bits per heavy atom. The van der Waals surface area contributed by atoms with Crippen molar-refractivity contribution < 1.29 is 24.3 Å². The van der Waals surface area contributed by atoms with Crippen molar-refractivity contribution in [3.63, 3.8) is 0 Å². The Bertz CT molecular complexity index is 2520. The molecule has 6 N–H and O–H groups in total. The Labute approximate surface area is 344 Å². The molecule has 0 saturated carbocycles. The molecule has 0 spiro atoms. The number of anilines is 4. The van der Waals surface area contributed by atoms with Gasteiger partial charge in [0, 0.05) is 74.5 Å². The van der Waals surface area contributed by atoms with Crippen molar-refractivity contribution in [2.45, 2.75) is 39.5 Å². The Balaban J connectivity index is 0.000000176. The SMILES string of the molecule is CC1=C(Nc2ccc(C(=O)Nc3cccc4ccccc34)cc2)CCC1=O.CC1=C(Nc2ccc(C(=O)O)cc2)CCC1=O.CP=S.Nc1cccc2ccccc12. The van der Waals surface area contributed by atoms with E-state index in [4.69, 9.17) is 10.8 Å². The van der Waals surface area contributed by atoms with Gasteiger partial charge in [-0.2, -0.15) is 0 Å². The van der Waals surface area contributed by atoms with E-state index in [9.17, 15) is 19.2 Å². The van der Waals surface area contributed by atoms with Gasteiger partial charge in [-0.3, -0.25) is 14.4 Å². The van der Waals surface area contributed by atoms with Crippen LogP contribution in [-0.2, 0) is 21.4 Å².